The second-order valence-corrected chi connectivity index (χ2v) is 9.32. The average molecular weight is 481 g/mol. The van der Waals surface area contributed by atoms with Gasteiger partial charge in [0.25, 0.3) is 11.8 Å². The van der Waals surface area contributed by atoms with Crippen LogP contribution in [0.3, 0.4) is 0 Å². The first-order valence-corrected chi connectivity index (χ1v) is 12.4. The SMILES string of the molecule is N#Cc1ccc(C2CCN(C(=O)c3cncc(NC(=O)c4ccc(N5CCCC5)nc4)c3)CC2)cc1. The Kier molecular flexibility index (Phi) is 6.89. The quantitative estimate of drug-likeness (QED) is 0.587. The molecule has 0 spiro atoms. The smallest absolute Gasteiger partial charge is 0.257 e. The Balaban J connectivity index is 1.18. The summed E-state index contributed by atoms with van der Waals surface area (Å²) in [5, 5.41) is 11.8. The van der Waals surface area contributed by atoms with Crippen LogP contribution in [-0.4, -0.2) is 52.9 Å². The molecule has 182 valence electrons. The predicted octanol–water partition coefficient (Wildman–Crippen LogP) is 4.22. The molecule has 4 heterocycles. The van der Waals surface area contributed by atoms with Crippen molar-refractivity contribution in [3.8, 4) is 6.07 Å². The van der Waals surface area contributed by atoms with Gasteiger partial charge in [0.2, 0.25) is 0 Å². The van der Waals surface area contributed by atoms with E-state index in [1.807, 2.05) is 35.2 Å². The normalized spacial score (nSPS) is 16.0. The molecule has 2 amide bonds. The van der Waals surface area contributed by atoms with Gasteiger partial charge >= 0.3 is 0 Å². The number of nitriles is 1. The molecule has 0 unspecified atom stereocenters. The molecule has 0 saturated carbocycles. The number of hydrogen-bond donors (Lipinski definition) is 1. The molecule has 2 aromatic heterocycles. The summed E-state index contributed by atoms with van der Waals surface area (Å²) in [5.41, 5.74) is 3.24. The summed E-state index contributed by atoms with van der Waals surface area (Å²) in [5.74, 6) is 0.885. The molecule has 36 heavy (non-hydrogen) atoms. The van der Waals surface area contributed by atoms with E-state index in [9.17, 15) is 9.59 Å². The van der Waals surface area contributed by atoms with E-state index >= 15 is 0 Å². The molecule has 5 rings (SSSR count). The lowest BCUT2D eigenvalue weighted by atomic mass is 9.89. The molecule has 1 N–H and O–H groups in total. The van der Waals surface area contributed by atoms with Gasteiger partial charge in [0.15, 0.2) is 0 Å². The molecule has 3 aromatic rings. The summed E-state index contributed by atoms with van der Waals surface area (Å²) < 4.78 is 0. The molecular weight excluding hydrogens is 452 g/mol. The van der Waals surface area contributed by atoms with Crippen LogP contribution < -0.4 is 10.2 Å². The van der Waals surface area contributed by atoms with E-state index < -0.39 is 0 Å². The number of carbonyl (C=O) groups is 2. The maximum absolute atomic E-state index is 13.1. The minimum absolute atomic E-state index is 0.0893. The first-order valence-electron chi connectivity index (χ1n) is 12.4. The van der Waals surface area contributed by atoms with Crippen molar-refractivity contribution in [3.05, 3.63) is 83.3 Å². The molecule has 2 fully saturated rings. The standard InChI is InChI=1S/C28H28N6O2/c29-16-20-3-5-21(6-4-20)22-9-13-34(14-10-22)28(36)24-15-25(19-30-17-24)32-27(35)23-7-8-26(31-18-23)33-11-1-2-12-33/h3-8,15,17-19,22H,1-2,9-14H2,(H,32,35). The average Bonchev–Trinajstić information content (AvgIpc) is 3.48. The van der Waals surface area contributed by atoms with Gasteiger partial charge in [-0.1, -0.05) is 12.1 Å². The third-order valence-electron chi connectivity index (χ3n) is 6.98. The summed E-state index contributed by atoms with van der Waals surface area (Å²) in [6, 6.07) is 15.2. The number of benzene rings is 1. The van der Waals surface area contributed by atoms with Gasteiger partial charge in [0.1, 0.15) is 5.82 Å². The topological polar surface area (TPSA) is 102 Å². The minimum Gasteiger partial charge on any atom is -0.357 e. The van der Waals surface area contributed by atoms with Gasteiger partial charge in [-0.15, -0.1) is 0 Å². The maximum atomic E-state index is 13.1. The maximum Gasteiger partial charge on any atom is 0.257 e. The summed E-state index contributed by atoms with van der Waals surface area (Å²) >= 11 is 0. The number of anilines is 2. The van der Waals surface area contributed by atoms with Crippen molar-refractivity contribution in [1.29, 1.82) is 5.26 Å². The van der Waals surface area contributed by atoms with E-state index in [1.165, 1.54) is 30.8 Å². The van der Waals surface area contributed by atoms with Crippen molar-refractivity contribution >= 4 is 23.3 Å². The minimum atomic E-state index is -0.287. The molecule has 8 heteroatoms. The largest absolute Gasteiger partial charge is 0.357 e. The Hall–Kier alpha value is -4.25. The Morgan fingerprint density at radius 3 is 2.33 bits per heavy atom. The zero-order chi connectivity index (χ0) is 24.9. The summed E-state index contributed by atoms with van der Waals surface area (Å²) in [7, 11) is 0. The van der Waals surface area contributed by atoms with Crippen LogP contribution in [0.2, 0.25) is 0 Å². The van der Waals surface area contributed by atoms with Crippen LogP contribution in [0.15, 0.2) is 61.1 Å². The lowest BCUT2D eigenvalue weighted by Crippen LogP contribution is -2.38. The van der Waals surface area contributed by atoms with E-state index in [-0.39, 0.29) is 11.8 Å². The molecular formula is C28H28N6O2. The van der Waals surface area contributed by atoms with E-state index in [0.717, 1.165) is 31.7 Å². The lowest BCUT2D eigenvalue weighted by Gasteiger charge is -2.32. The van der Waals surface area contributed by atoms with Gasteiger partial charge in [-0.05, 0) is 67.5 Å². The number of rotatable bonds is 5. The molecule has 2 saturated heterocycles. The van der Waals surface area contributed by atoms with Crippen molar-refractivity contribution in [1.82, 2.24) is 14.9 Å². The van der Waals surface area contributed by atoms with Crippen LogP contribution in [0.4, 0.5) is 11.5 Å². The molecule has 2 aliphatic heterocycles. The van der Waals surface area contributed by atoms with Crippen molar-refractivity contribution in [2.24, 2.45) is 0 Å². The summed E-state index contributed by atoms with van der Waals surface area (Å²) in [4.78, 5) is 38.5. The molecule has 0 bridgehead atoms. The number of pyridine rings is 2. The van der Waals surface area contributed by atoms with Crippen LogP contribution in [0.5, 0.6) is 0 Å². The van der Waals surface area contributed by atoms with E-state index in [0.29, 0.717) is 41.4 Å². The zero-order valence-electron chi connectivity index (χ0n) is 20.1. The molecule has 0 atom stereocenters. The van der Waals surface area contributed by atoms with Crippen molar-refractivity contribution in [3.63, 3.8) is 0 Å². The Morgan fingerprint density at radius 2 is 1.67 bits per heavy atom. The van der Waals surface area contributed by atoms with Crippen LogP contribution in [0, 0.1) is 11.3 Å². The molecule has 1 aromatic carbocycles. The van der Waals surface area contributed by atoms with Gasteiger partial charge in [0, 0.05) is 38.6 Å². The van der Waals surface area contributed by atoms with Gasteiger partial charge in [-0.2, -0.15) is 5.26 Å². The highest BCUT2D eigenvalue weighted by molar-refractivity contribution is 6.04. The molecule has 0 aliphatic carbocycles. The van der Waals surface area contributed by atoms with Crippen molar-refractivity contribution in [2.45, 2.75) is 31.6 Å². The van der Waals surface area contributed by atoms with Crippen molar-refractivity contribution < 1.29 is 9.59 Å². The van der Waals surface area contributed by atoms with E-state index in [2.05, 4.69) is 26.3 Å². The number of likely N-dealkylation sites (tertiary alicyclic amines) is 1. The molecule has 0 radical (unpaired) electrons. The number of nitrogens with one attached hydrogen (secondary N) is 1. The number of nitrogens with zero attached hydrogens (tertiary/aromatic N) is 5. The fourth-order valence-corrected chi connectivity index (χ4v) is 4.91. The number of carbonyl (C=O) groups excluding carboxylic acids is 2. The molecule has 8 nitrogen and oxygen atoms in total. The third-order valence-corrected chi connectivity index (χ3v) is 6.98. The Labute approximate surface area is 210 Å². The summed E-state index contributed by atoms with van der Waals surface area (Å²) in [6.45, 7) is 3.29. The second-order valence-electron chi connectivity index (χ2n) is 9.32. The number of amides is 2. The van der Waals surface area contributed by atoms with Crippen molar-refractivity contribution in [2.75, 3.05) is 36.4 Å². The second kappa shape index (κ2) is 10.6. The van der Waals surface area contributed by atoms with E-state index in [1.54, 1.807) is 18.3 Å². The van der Waals surface area contributed by atoms with Gasteiger partial charge < -0.3 is 15.1 Å². The van der Waals surface area contributed by atoms with Crippen LogP contribution in [-0.2, 0) is 0 Å². The van der Waals surface area contributed by atoms with E-state index in [4.69, 9.17) is 5.26 Å². The summed E-state index contributed by atoms with van der Waals surface area (Å²) in [6.07, 6.45) is 8.73. The van der Waals surface area contributed by atoms with Gasteiger partial charge in [-0.25, -0.2) is 4.98 Å². The fourth-order valence-electron chi connectivity index (χ4n) is 4.91. The van der Waals surface area contributed by atoms with Crippen LogP contribution >= 0.6 is 0 Å². The highest BCUT2D eigenvalue weighted by atomic mass is 16.2. The first kappa shape index (κ1) is 23.5. The zero-order valence-corrected chi connectivity index (χ0v) is 20.1. The van der Waals surface area contributed by atoms with Crippen LogP contribution in [0.1, 0.15) is 63.4 Å². The highest BCUT2D eigenvalue weighted by Gasteiger charge is 2.25. The van der Waals surface area contributed by atoms with Gasteiger partial charge in [0.05, 0.1) is 34.6 Å². The monoisotopic (exact) mass is 480 g/mol. The number of aromatic nitrogens is 2. The molecule has 2 aliphatic rings. The third kappa shape index (κ3) is 5.20. The fraction of sp³-hybridized carbons (Fsp3) is 0.321. The first-order chi connectivity index (χ1) is 17.6. The Bertz CT molecular complexity index is 1270. The number of piperidine rings is 1. The highest BCUT2D eigenvalue weighted by Crippen LogP contribution is 2.29. The lowest BCUT2D eigenvalue weighted by molar-refractivity contribution is 0.0712. The predicted molar refractivity (Wildman–Crippen MR) is 137 cm³/mol. The van der Waals surface area contributed by atoms with Crippen LogP contribution in [0.25, 0.3) is 0 Å². The Morgan fingerprint density at radius 1 is 0.917 bits per heavy atom. The number of hydrogen-bond acceptors (Lipinski definition) is 6. The van der Waals surface area contributed by atoms with Gasteiger partial charge in [-0.3, -0.25) is 14.6 Å².